The van der Waals surface area contributed by atoms with Gasteiger partial charge in [-0.2, -0.15) is 0 Å². The molecule has 3 fully saturated rings. The van der Waals surface area contributed by atoms with Crippen molar-refractivity contribution in [3.8, 4) is 5.75 Å². The van der Waals surface area contributed by atoms with Crippen LogP contribution in [0.2, 0.25) is 0 Å². The summed E-state index contributed by atoms with van der Waals surface area (Å²) in [4.78, 5) is 30.5. The number of primary sulfonamides is 1. The molecule has 2 N–H and O–H groups in total. The van der Waals surface area contributed by atoms with Gasteiger partial charge in [-0.05, 0) is 79.3 Å². The predicted molar refractivity (Wildman–Crippen MR) is 143 cm³/mol. The highest BCUT2D eigenvalue weighted by molar-refractivity contribution is 7.89. The maximum absolute atomic E-state index is 13.6. The number of sulfonamides is 1. The van der Waals surface area contributed by atoms with Crippen molar-refractivity contribution < 1.29 is 22.7 Å². The van der Waals surface area contributed by atoms with Gasteiger partial charge in [-0.25, -0.2) is 13.6 Å². The molecule has 1 aliphatic carbocycles. The zero-order valence-corrected chi connectivity index (χ0v) is 22.2. The van der Waals surface area contributed by atoms with Gasteiger partial charge in [0.05, 0.1) is 11.0 Å². The first-order valence-corrected chi connectivity index (χ1v) is 14.6. The zero-order chi connectivity index (χ0) is 26.8. The molecule has 2 aliphatic heterocycles. The third kappa shape index (κ3) is 4.23. The van der Waals surface area contributed by atoms with E-state index < -0.39 is 10.0 Å². The number of carbonyl (C=O) groups is 2. The fraction of sp³-hybridized carbons (Fsp3) is 0.379. The van der Waals surface area contributed by atoms with Gasteiger partial charge in [0.25, 0.3) is 11.8 Å². The first kappa shape index (κ1) is 24.9. The molecule has 0 unspecified atom stereocenters. The van der Waals surface area contributed by atoms with Gasteiger partial charge in [0, 0.05) is 42.7 Å². The summed E-state index contributed by atoms with van der Waals surface area (Å²) in [6, 6.07) is 17.6. The number of rotatable bonds is 5. The van der Waals surface area contributed by atoms with E-state index in [1.54, 1.807) is 0 Å². The van der Waals surface area contributed by atoms with Crippen LogP contribution in [0.5, 0.6) is 5.75 Å². The number of fused-ring (bicyclic) bond motifs is 5. The van der Waals surface area contributed by atoms with E-state index in [1.807, 2.05) is 60.0 Å². The highest BCUT2D eigenvalue weighted by Crippen LogP contribution is 2.54. The number of nitrogens with zero attached hydrogens (tertiary/aromatic N) is 2. The molecule has 3 aliphatic rings. The van der Waals surface area contributed by atoms with Crippen LogP contribution in [0.15, 0.2) is 65.6 Å². The Hall–Kier alpha value is -3.43. The summed E-state index contributed by atoms with van der Waals surface area (Å²) in [5.41, 5.74) is 1.10. The summed E-state index contributed by atoms with van der Waals surface area (Å²) in [6.45, 7) is 6.67. The average molecular weight is 534 g/mol. The van der Waals surface area contributed by atoms with E-state index in [2.05, 4.69) is 0 Å². The molecule has 1 saturated carbocycles. The molecule has 3 aromatic rings. The maximum atomic E-state index is 13.6. The van der Waals surface area contributed by atoms with E-state index >= 15 is 0 Å². The van der Waals surface area contributed by atoms with E-state index in [4.69, 9.17) is 9.88 Å². The average Bonchev–Trinajstić information content (AvgIpc) is 3.45. The van der Waals surface area contributed by atoms with Crippen LogP contribution in [-0.2, 0) is 10.0 Å². The standard InChI is InChI=1S/C29H31N3O5S/c1-17(2)37-27-12-20(11-19-5-3-4-6-22(19)27)29(34)32-15-25-23-13-31(14-24(23)26(25)16-32)28(33)18-7-9-21(10-8-18)38(30,35)36/h3-12,17,23-26H,13-16H2,1-2H3,(H2,30,35,36)/t23-,24+,25+,26-. The van der Waals surface area contributed by atoms with Crippen LogP contribution in [0.3, 0.4) is 0 Å². The number of likely N-dealkylation sites (tertiary alicyclic amines) is 2. The molecule has 4 atom stereocenters. The highest BCUT2D eigenvalue weighted by Gasteiger charge is 2.59. The molecule has 0 radical (unpaired) electrons. The summed E-state index contributed by atoms with van der Waals surface area (Å²) >= 11 is 0. The summed E-state index contributed by atoms with van der Waals surface area (Å²) in [7, 11) is -3.80. The van der Waals surface area contributed by atoms with Gasteiger partial charge >= 0.3 is 0 Å². The molecule has 0 bridgehead atoms. The smallest absolute Gasteiger partial charge is 0.254 e. The van der Waals surface area contributed by atoms with Crippen molar-refractivity contribution in [3.63, 3.8) is 0 Å². The zero-order valence-electron chi connectivity index (χ0n) is 21.4. The second kappa shape index (κ2) is 9.10. The second-order valence-electron chi connectivity index (χ2n) is 11.0. The summed E-state index contributed by atoms with van der Waals surface area (Å²) in [5.74, 6) is 2.19. The quantitative estimate of drug-likeness (QED) is 0.541. The summed E-state index contributed by atoms with van der Waals surface area (Å²) < 4.78 is 29.1. The molecule has 0 aromatic heterocycles. The van der Waals surface area contributed by atoms with Crippen molar-refractivity contribution in [2.75, 3.05) is 26.2 Å². The molecule has 0 spiro atoms. The Bertz CT molecular complexity index is 1520. The Morgan fingerprint density at radius 1 is 0.816 bits per heavy atom. The third-order valence-corrected chi connectivity index (χ3v) is 9.29. The molecule has 3 aromatic carbocycles. The molecule has 2 heterocycles. The van der Waals surface area contributed by atoms with Crippen molar-refractivity contribution in [1.82, 2.24) is 9.80 Å². The lowest BCUT2D eigenvalue weighted by Gasteiger charge is -2.42. The minimum absolute atomic E-state index is 0.00283. The van der Waals surface area contributed by atoms with E-state index in [9.17, 15) is 18.0 Å². The lowest BCUT2D eigenvalue weighted by Crippen LogP contribution is -2.44. The van der Waals surface area contributed by atoms with Crippen LogP contribution in [0.1, 0.15) is 34.6 Å². The van der Waals surface area contributed by atoms with Crippen molar-refractivity contribution >= 4 is 32.6 Å². The Morgan fingerprint density at radius 2 is 1.34 bits per heavy atom. The second-order valence-corrected chi connectivity index (χ2v) is 12.6. The van der Waals surface area contributed by atoms with Crippen LogP contribution in [-0.4, -0.2) is 62.3 Å². The van der Waals surface area contributed by atoms with Crippen molar-refractivity contribution in [1.29, 1.82) is 0 Å². The Kier molecular flexibility index (Phi) is 5.96. The monoisotopic (exact) mass is 533 g/mol. The van der Waals surface area contributed by atoms with Crippen molar-refractivity contribution in [2.45, 2.75) is 24.8 Å². The fourth-order valence-corrected chi connectivity index (χ4v) is 7.12. The van der Waals surface area contributed by atoms with Gasteiger partial charge in [0.2, 0.25) is 10.0 Å². The third-order valence-electron chi connectivity index (χ3n) is 8.36. The first-order chi connectivity index (χ1) is 18.1. The van der Waals surface area contributed by atoms with Crippen LogP contribution in [0.25, 0.3) is 10.8 Å². The molecule has 2 amide bonds. The maximum Gasteiger partial charge on any atom is 0.254 e. The topological polar surface area (TPSA) is 110 Å². The van der Waals surface area contributed by atoms with Crippen LogP contribution >= 0.6 is 0 Å². The number of ether oxygens (including phenoxy) is 1. The molecular weight excluding hydrogens is 502 g/mol. The van der Waals surface area contributed by atoms with Crippen LogP contribution < -0.4 is 9.88 Å². The lowest BCUT2D eigenvalue weighted by atomic mass is 9.60. The SMILES string of the molecule is CC(C)Oc1cc(C(=O)N2C[C@@H]3[C@H]4CN(C(=O)c5ccc(S(N)(=O)=O)cc5)C[C@H]4[C@@H]3C2)cc2ccccc12. The van der Waals surface area contributed by atoms with Crippen LogP contribution in [0, 0.1) is 23.7 Å². The lowest BCUT2D eigenvalue weighted by molar-refractivity contribution is 0.0629. The van der Waals surface area contributed by atoms with Crippen molar-refractivity contribution in [3.05, 3.63) is 71.8 Å². The molecule has 9 heteroatoms. The minimum Gasteiger partial charge on any atom is -0.490 e. The van der Waals surface area contributed by atoms with Crippen LogP contribution in [0.4, 0.5) is 0 Å². The fourth-order valence-electron chi connectivity index (χ4n) is 6.61. The van der Waals surface area contributed by atoms with Gasteiger partial charge in [0.15, 0.2) is 0 Å². The number of benzene rings is 3. The summed E-state index contributed by atoms with van der Waals surface area (Å²) in [5, 5.41) is 7.15. The Balaban J connectivity index is 1.14. The number of amides is 2. The normalized spacial score (nSPS) is 24.3. The Labute approximate surface area is 222 Å². The number of hydrogen-bond acceptors (Lipinski definition) is 5. The van der Waals surface area contributed by atoms with Gasteiger partial charge < -0.3 is 14.5 Å². The van der Waals surface area contributed by atoms with Gasteiger partial charge in [-0.15, -0.1) is 0 Å². The largest absolute Gasteiger partial charge is 0.490 e. The number of carbonyl (C=O) groups excluding carboxylic acids is 2. The minimum atomic E-state index is -3.80. The molecular formula is C29H31N3O5S. The van der Waals surface area contributed by atoms with E-state index in [0.717, 1.165) is 16.5 Å². The highest BCUT2D eigenvalue weighted by atomic mass is 32.2. The van der Waals surface area contributed by atoms with E-state index in [1.165, 1.54) is 24.3 Å². The number of nitrogens with two attached hydrogens (primary N) is 1. The van der Waals surface area contributed by atoms with E-state index in [-0.39, 0.29) is 22.8 Å². The molecule has 198 valence electrons. The van der Waals surface area contributed by atoms with Gasteiger partial charge in [-0.1, -0.05) is 24.3 Å². The molecule has 6 rings (SSSR count). The number of hydrogen-bond donors (Lipinski definition) is 1. The molecule has 2 saturated heterocycles. The van der Waals surface area contributed by atoms with Crippen molar-refractivity contribution in [2.24, 2.45) is 28.8 Å². The Morgan fingerprint density at radius 3 is 1.87 bits per heavy atom. The first-order valence-electron chi connectivity index (χ1n) is 13.0. The van der Waals surface area contributed by atoms with Gasteiger partial charge in [0.1, 0.15) is 5.75 Å². The molecule has 8 nitrogen and oxygen atoms in total. The van der Waals surface area contributed by atoms with Gasteiger partial charge in [-0.3, -0.25) is 9.59 Å². The predicted octanol–water partition coefficient (Wildman–Crippen LogP) is 3.36. The van der Waals surface area contributed by atoms with E-state index in [0.29, 0.717) is 61.0 Å². The molecule has 38 heavy (non-hydrogen) atoms. The summed E-state index contributed by atoms with van der Waals surface area (Å²) in [6.07, 6.45) is 0.00283.